The molecule has 5 heteroatoms. The van der Waals surface area contributed by atoms with Gasteiger partial charge in [0.05, 0.1) is 0 Å². The first kappa shape index (κ1) is 21.1. The number of hydrogen-bond donors (Lipinski definition) is 1. The monoisotopic (exact) mass is 403 g/mol. The Morgan fingerprint density at radius 2 is 1.47 bits per heavy atom. The van der Waals surface area contributed by atoms with E-state index in [1.165, 1.54) is 0 Å². The first-order valence-corrected chi connectivity index (χ1v) is 9.93. The van der Waals surface area contributed by atoms with Crippen molar-refractivity contribution >= 4 is 17.6 Å². The Morgan fingerprint density at radius 3 is 2.23 bits per heavy atom. The van der Waals surface area contributed by atoms with Gasteiger partial charge in [-0.25, -0.2) is 4.79 Å². The molecule has 3 aromatic rings. The number of aryl methyl sites for hydroxylation is 1. The average Bonchev–Trinajstić information content (AvgIpc) is 2.78. The number of amides is 1. The number of carbonyl (C=O) groups is 2. The minimum atomic E-state index is -0.594. The van der Waals surface area contributed by atoms with E-state index in [0.29, 0.717) is 12.2 Å². The van der Waals surface area contributed by atoms with Gasteiger partial charge in [0.15, 0.2) is 13.2 Å². The van der Waals surface area contributed by atoms with Crippen LogP contribution in [0.25, 0.3) is 0 Å². The van der Waals surface area contributed by atoms with Crippen molar-refractivity contribution in [3.8, 4) is 5.75 Å². The number of para-hydroxylation sites is 2. The molecule has 0 bridgehead atoms. The van der Waals surface area contributed by atoms with E-state index in [1.807, 2.05) is 85.8 Å². The van der Waals surface area contributed by atoms with Gasteiger partial charge in [-0.1, -0.05) is 73.7 Å². The number of esters is 1. The van der Waals surface area contributed by atoms with Crippen LogP contribution in [0, 0.1) is 0 Å². The molecule has 0 aromatic heterocycles. The molecule has 0 fully saturated rings. The summed E-state index contributed by atoms with van der Waals surface area (Å²) in [5.74, 6) is -0.350. The van der Waals surface area contributed by atoms with Crippen LogP contribution < -0.4 is 10.1 Å². The topological polar surface area (TPSA) is 64.6 Å². The fourth-order valence-corrected chi connectivity index (χ4v) is 3.07. The predicted octanol–water partition coefficient (Wildman–Crippen LogP) is 4.40. The number of ether oxygens (including phenoxy) is 2. The van der Waals surface area contributed by atoms with Gasteiger partial charge in [0.1, 0.15) is 5.75 Å². The molecule has 0 saturated carbocycles. The first-order chi connectivity index (χ1) is 14.7. The van der Waals surface area contributed by atoms with Crippen molar-refractivity contribution in [1.82, 2.24) is 0 Å². The third-order valence-electron chi connectivity index (χ3n) is 4.59. The lowest BCUT2D eigenvalue weighted by Crippen LogP contribution is -2.24. The normalized spacial score (nSPS) is 10.3. The average molecular weight is 403 g/mol. The zero-order chi connectivity index (χ0) is 21.2. The van der Waals surface area contributed by atoms with Crippen LogP contribution in [0.2, 0.25) is 0 Å². The summed E-state index contributed by atoms with van der Waals surface area (Å²) in [6.45, 7) is 1.40. The standard InChI is InChI=1S/C25H25NO4/c1-2-20-12-6-8-14-22(20)26-24(27)17-30-25(28)18-29-23-15-9-7-13-21(23)16-19-10-4-3-5-11-19/h3-15H,2,16-18H2,1H3,(H,26,27). The number of rotatable bonds is 9. The molecule has 154 valence electrons. The summed E-state index contributed by atoms with van der Waals surface area (Å²) in [7, 11) is 0. The largest absolute Gasteiger partial charge is 0.482 e. The highest BCUT2D eigenvalue weighted by atomic mass is 16.6. The third kappa shape index (κ3) is 6.21. The van der Waals surface area contributed by atoms with E-state index in [1.54, 1.807) is 0 Å². The quantitative estimate of drug-likeness (QED) is 0.538. The van der Waals surface area contributed by atoms with E-state index in [9.17, 15) is 9.59 Å². The smallest absolute Gasteiger partial charge is 0.344 e. The Kier molecular flexibility index (Phi) is 7.61. The Labute approximate surface area is 176 Å². The lowest BCUT2D eigenvalue weighted by atomic mass is 10.0. The molecule has 0 radical (unpaired) electrons. The number of hydrogen-bond acceptors (Lipinski definition) is 4. The lowest BCUT2D eigenvalue weighted by molar-refractivity contribution is -0.149. The zero-order valence-corrected chi connectivity index (χ0v) is 17.0. The second-order valence-corrected chi connectivity index (χ2v) is 6.78. The summed E-state index contributed by atoms with van der Waals surface area (Å²) in [6, 6.07) is 25.1. The Bertz CT molecular complexity index is 985. The van der Waals surface area contributed by atoms with Crippen LogP contribution in [0.4, 0.5) is 5.69 Å². The number of anilines is 1. The van der Waals surface area contributed by atoms with E-state index in [0.717, 1.165) is 28.8 Å². The fraction of sp³-hybridized carbons (Fsp3) is 0.200. The zero-order valence-electron chi connectivity index (χ0n) is 17.0. The van der Waals surface area contributed by atoms with Gasteiger partial charge in [-0.3, -0.25) is 4.79 Å². The summed E-state index contributed by atoms with van der Waals surface area (Å²) in [5.41, 5.74) is 3.88. The summed E-state index contributed by atoms with van der Waals surface area (Å²) in [6.07, 6.45) is 1.50. The van der Waals surface area contributed by atoms with Gasteiger partial charge < -0.3 is 14.8 Å². The lowest BCUT2D eigenvalue weighted by Gasteiger charge is -2.12. The van der Waals surface area contributed by atoms with Crippen molar-refractivity contribution in [2.75, 3.05) is 18.5 Å². The van der Waals surface area contributed by atoms with Gasteiger partial charge in [0.2, 0.25) is 0 Å². The van der Waals surface area contributed by atoms with Gasteiger partial charge in [-0.15, -0.1) is 0 Å². The summed E-state index contributed by atoms with van der Waals surface area (Å²) in [4.78, 5) is 24.1. The maximum absolute atomic E-state index is 12.1. The van der Waals surface area contributed by atoms with Gasteiger partial charge in [0.25, 0.3) is 5.91 Å². The van der Waals surface area contributed by atoms with Crippen molar-refractivity contribution < 1.29 is 19.1 Å². The van der Waals surface area contributed by atoms with Crippen LogP contribution in [0.15, 0.2) is 78.9 Å². The highest BCUT2D eigenvalue weighted by Gasteiger charge is 2.11. The molecule has 0 atom stereocenters. The molecule has 0 aliphatic carbocycles. The molecule has 0 spiro atoms. The maximum Gasteiger partial charge on any atom is 0.344 e. The van der Waals surface area contributed by atoms with Gasteiger partial charge in [-0.2, -0.15) is 0 Å². The molecule has 0 aliphatic heterocycles. The van der Waals surface area contributed by atoms with Crippen molar-refractivity contribution in [1.29, 1.82) is 0 Å². The van der Waals surface area contributed by atoms with Crippen LogP contribution >= 0.6 is 0 Å². The molecule has 3 aromatic carbocycles. The van der Waals surface area contributed by atoms with Crippen LogP contribution in [-0.4, -0.2) is 25.1 Å². The van der Waals surface area contributed by atoms with Crippen molar-refractivity contribution in [3.05, 3.63) is 95.6 Å². The summed E-state index contributed by atoms with van der Waals surface area (Å²) >= 11 is 0. The first-order valence-electron chi connectivity index (χ1n) is 9.93. The second kappa shape index (κ2) is 10.8. The summed E-state index contributed by atoms with van der Waals surface area (Å²) in [5, 5.41) is 2.77. The highest BCUT2D eigenvalue weighted by Crippen LogP contribution is 2.21. The molecule has 5 nitrogen and oxygen atoms in total. The van der Waals surface area contributed by atoms with E-state index in [-0.39, 0.29) is 19.1 Å². The molecule has 1 amide bonds. The number of nitrogens with one attached hydrogen (secondary N) is 1. The van der Waals surface area contributed by atoms with Gasteiger partial charge >= 0.3 is 5.97 Å². The van der Waals surface area contributed by atoms with Crippen molar-refractivity contribution in [3.63, 3.8) is 0 Å². The van der Waals surface area contributed by atoms with Crippen LogP contribution in [0.1, 0.15) is 23.6 Å². The molecule has 0 saturated heterocycles. The minimum absolute atomic E-state index is 0.259. The third-order valence-corrected chi connectivity index (χ3v) is 4.59. The summed E-state index contributed by atoms with van der Waals surface area (Å²) < 4.78 is 10.7. The van der Waals surface area contributed by atoms with Gasteiger partial charge in [0, 0.05) is 12.1 Å². The molecule has 0 unspecified atom stereocenters. The van der Waals surface area contributed by atoms with Crippen LogP contribution in [0.3, 0.4) is 0 Å². The van der Waals surface area contributed by atoms with Crippen molar-refractivity contribution in [2.24, 2.45) is 0 Å². The predicted molar refractivity (Wildman–Crippen MR) is 117 cm³/mol. The second-order valence-electron chi connectivity index (χ2n) is 6.78. The van der Waals surface area contributed by atoms with Crippen molar-refractivity contribution in [2.45, 2.75) is 19.8 Å². The molecule has 0 heterocycles. The molecule has 1 N–H and O–H groups in total. The fourth-order valence-electron chi connectivity index (χ4n) is 3.07. The highest BCUT2D eigenvalue weighted by molar-refractivity contribution is 5.93. The molecular formula is C25H25NO4. The molecule has 3 rings (SSSR count). The van der Waals surface area contributed by atoms with Crippen LogP contribution in [0.5, 0.6) is 5.75 Å². The van der Waals surface area contributed by atoms with E-state index >= 15 is 0 Å². The van der Waals surface area contributed by atoms with E-state index < -0.39 is 5.97 Å². The Hall–Kier alpha value is -3.60. The van der Waals surface area contributed by atoms with E-state index in [2.05, 4.69) is 5.32 Å². The molecule has 30 heavy (non-hydrogen) atoms. The Balaban J connectivity index is 1.48. The van der Waals surface area contributed by atoms with E-state index in [4.69, 9.17) is 9.47 Å². The van der Waals surface area contributed by atoms with Gasteiger partial charge in [-0.05, 0) is 35.2 Å². The van der Waals surface area contributed by atoms with Crippen LogP contribution in [-0.2, 0) is 27.2 Å². The number of carbonyl (C=O) groups excluding carboxylic acids is 2. The maximum atomic E-state index is 12.1. The number of benzene rings is 3. The molecule has 0 aliphatic rings. The Morgan fingerprint density at radius 1 is 0.800 bits per heavy atom. The molecular weight excluding hydrogens is 378 g/mol. The minimum Gasteiger partial charge on any atom is -0.482 e. The SMILES string of the molecule is CCc1ccccc1NC(=O)COC(=O)COc1ccccc1Cc1ccccc1.